The van der Waals surface area contributed by atoms with E-state index < -0.39 is 5.54 Å². The normalized spacial score (nSPS) is 21.7. The maximum Gasteiger partial charge on any atom is 0.226 e. The van der Waals surface area contributed by atoms with E-state index in [2.05, 4.69) is 20.7 Å². The second-order valence-corrected chi connectivity index (χ2v) is 5.37. The molecule has 1 unspecified atom stereocenters. The molecule has 1 aliphatic heterocycles. The maximum absolute atomic E-state index is 12.1. The molecule has 0 aliphatic carbocycles. The molecule has 2 N–H and O–H groups in total. The molecule has 1 aromatic heterocycles. The molecular weight excluding hydrogens is 246 g/mol. The average Bonchev–Trinajstić information content (AvgIpc) is 2.93. The number of aromatic nitrogens is 3. The highest BCUT2D eigenvalue weighted by Crippen LogP contribution is 2.34. The maximum atomic E-state index is 12.1. The minimum Gasteiger partial charge on any atom is -0.355 e. The summed E-state index contributed by atoms with van der Waals surface area (Å²) in [5.74, 6) is -0.366. The predicted octanol–water partition coefficient (Wildman–Crippen LogP) is -0.280. The predicted molar refractivity (Wildman–Crippen MR) is 68.1 cm³/mol. The summed E-state index contributed by atoms with van der Waals surface area (Å²) in [7, 11) is 1.74. The number of H-pyrrole nitrogens is 1. The molecule has 1 saturated heterocycles. The molecule has 1 fully saturated rings. The lowest BCUT2D eigenvalue weighted by molar-refractivity contribution is -0.128. The molecule has 0 saturated carbocycles. The summed E-state index contributed by atoms with van der Waals surface area (Å²) < 4.78 is 0. The zero-order chi connectivity index (χ0) is 14.0. The van der Waals surface area contributed by atoms with Gasteiger partial charge in [-0.15, -0.1) is 0 Å². The van der Waals surface area contributed by atoms with Gasteiger partial charge in [0.05, 0.1) is 17.8 Å². The topological polar surface area (TPSA) is 91.0 Å². The fraction of sp³-hybridized carbons (Fsp3) is 0.667. The van der Waals surface area contributed by atoms with Gasteiger partial charge in [-0.1, -0.05) is 0 Å². The molecule has 19 heavy (non-hydrogen) atoms. The van der Waals surface area contributed by atoms with E-state index in [-0.39, 0.29) is 24.2 Å². The van der Waals surface area contributed by atoms with E-state index in [9.17, 15) is 9.59 Å². The molecule has 2 amide bonds. The molecule has 0 spiro atoms. The number of amides is 2. The van der Waals surface area contributed by atoms with Crippen LogP contribution in [-0.2, 0) is 16.0 Å². The Kier molecular flexibility index (Phi) is 3.55. The summed E-state index contributed by atoms with van der Waals surface area (Å²) in [5, 5.41) is 13.0. The van der Waals surface area contributed by atoms with Crippen molar-refractivity contribution in [2.24, 2.45) is 5.92 Å². The van der Waals surface area contributed by atoms with Crippen molar-refractivity contribution in [2.45, 2.75) is 32.2 Å². The molecular formula is C12H19N5O2. The first-order chi connectivity index (χ1) is 8.93. The van der Waals surface area contributed by atoms with E-state index in [0.717, 1.165) is 5.69 Å². The lowest BCUT2D eigenvalue weighted by Crippen LogP contribution is -2.47. The van der Waals surface area contributed by atoms with Gasteiger partial charge >= 0.3 is 0 Å². The van der Waals surface area contributed by atoms with Gasteiger partial charge in [-0.2, -0.15) is 15.4 Å². The molecule has 0 bridgehead atoms. The van der Waals surface area contributed by atoms with Crippen LogP contribution in [0.15, 0.2) is 6.20 Å². The van der Waals surface area contributed by atoms with Crippen molar-refractivity contribution in [3.63, 3.8) is 0 Å². The summed E-state index contributed by atoms with van der Waals surface area (Å²) >= 11 is 0. The highest BCUT2D eigenvalue weighted by atomic mass is 16.2. The Labute approximate surface area is 111 Å². The molecule has 0 radical (unpaired) electrons. The first kappa shape index (κ1) is 13.5. The Bertz CT molecular complexity index is 468. The van der Waals surface area contributed by atoms with Crippen molar-refractivity contribution >= 4 is 11.8 Å². The number of nitrogens with zero attached hydrogens (tertiary/aromatic N) is 3. The molecule has 1 aromatic rings. The van der Waals surface area contributed by atoms with Gasteiger partial charge in [0.1, 0.15) is 0 Å². The smallest absolute Gasteiger partial charge is 0.226 e. The average molecular weight is 265 g/mol. The van der Waals surface area contributed by atoms with Crippen LogP contribution in [0.4, 0.5) is 0 Å². The third-order valence-electron chi connectivity index (χ3n) is 3.93. The zero-order valence-electron chi connectivity index (χ0n) is 11.4. The quantitative estimate of drug-likeness (QED) is 0.783. The number of carbonyl (C=O) groups is 2. The van der Waals surface area contributed by atoms with Crippen LogP contribution in [0.3, 0.4) is 0 Å². The van der Waals surface area contributed by atoms with Crippen molar-refractivity contribution in [1.29, 1.82) is 0 Å². The highest BCUT2D eigenvalue weighted by Gasteiger charge is 2.47. The lowest BCUT2D eigenvalue weighted by atomic mass is 9.88. The second-order valence-electron chi connectivity index (χ2n) is 5.37. The van der Waals surface area contributed by atoms with Gasteiger partial charge in [0.15, 0.2) is 0 Å². The molecule has 1 atom stereocenters. The monoisotopic (exact) mass is 265 g/mol. The minimum atomic E-state index is -0.435. The summed E-state index contributed by atoms with van der Waals surface area (Å²) in [6, 6.07) is 0. The second kappa shape index (κ2) is 4.99. The molecule has 2 heterocycles. The molecule has 1 aliphatic rings. The van der Waals surface area contributed by atoms with Crippen molar-refractivity contribution in [1.82, 2.24) is 25.6 Å². The highest BCUT2D eigenvalue weighted by molar-refractivity contribution is 5.90. The van der Waals surface area contributed by atoms with Gasteiger partial charge in [0.2, 0.25) is 11.8 Å². The Morgan fingerprint density at radius 3 is 2.89 bits per heavy atom. The van der Waals surface area contributed by atoms with Crippen LogP contribution in [0.25, 0.3) is 0 Å². The van der Waals surface area contributed by atoms with Crippen LogP contribution in [0, 0.1) is 5.92 Å². The van der Waals surface area contributed by atoms with Crippen molar-refractivity contribution < 1.29 is 9.59 Å². The summed E-state index contributed by atoms with van der Waals surface area (Å²) in [5.41, 5.74) is 0.369. The van der Waals surface area contributed by atoms with Gasteiger partial charge in [0.25, 0.3) is 0 Å². The first-order valence-corrected chi connectivity index (χ1v) is 6.32. The van der Waals surface area contributed by atoms with Crippen LogP contribution in [0.5, 0.6) is 0 Å². The third-order valence-corrected chi connectivity index (χ3v) is 3.93. The van der Waals surface area contributed by atoms with E-state index >= 15 is 0 Å². The minimum absolute atomic E-state index is 0.0154. The number of hydrogen-bond acceptors (Lipinski definition) is 4. The Morgan fingerprint density at radius 1 is 1.63 bits per heavy atom. The van der Waals surface area contributed by atoms with Gasteiger partial charge < -0.3 is 10.2 Å². The molecule has 2 rings (SSSR count). The van der Waals surface area contributed by atoms with Gasteiger partial charge in [-0.05, 0) is 13.8 Å². The molecule has 104 valence electrons. The number of carbonyl (C=O) groups excluding carboxylic acids is 2. The molecule has 7 heteroatoms. The van der Waals surface area contributed by atoms with Crippen molar-refractivity contribution in [3.8, 4) is 0 Å². The Balaban J connectivity index is 1.88. The number of aromatic amines is 1. The number of likely N-dealkylation sites (tertiary alicyclic amines) is 1. The Morgan fingerprint density at radius 2 is 2.37 bits per heavy atom. The van der Waals surface area contributed by atoms with Crippen LogP contribution < -0.4 is 5.32 Å². The van der Waals surface area contributed by atoms with E-state index in [1.807, 2.05) is 13.8 Å². The summed E-state index contributed by atoms with van der Waals surface area (Å²) in [6.45, 7) is 4.33. The lowest BCUT2D eigenvalue weighted by Gasteiger charge is -2.32. The van der Waals surface area contributed by atoms with Gasteiger partial charge in [-0.25, -0.2) is 0 Å². The fourth-order valence-corrected chi connectivity index (χ4v) is 2.31. The standard InChI is InChI=1S/C12H19N5O2/c1-12(2)9(6-10(18)17(12)3)11(19)13-5-4-8-7-14-16-15-8/h7,9H,4-6H2,1-3H3,(H,13,19)(H,14,15,16). The summed E-state index contributed by atoms with van der Waals surface area (Å²) in [4.78, 5) is 25.5. The van der Waals surface area contributed by atoms with Crippen molar-refractivity contribution in [3.05, 3.63) is 11.9 Å². The number of hydrogen-bond donors (Lipinski definition) is 2. The van der Waals surface area contributed by atoms with Crippen LogP contribution >= 0.6 is 0 Å². The first-order valence-electron chi connectivity index (χ1n) is 6.32. The SMILES string of the molecule is CN1C(=O)CC(C(=O)NCCc2cn[nH]n2)C1(C)C. The van der Waals surface area contributed by atoms with Crippen molar-refractivity contribution in [2.75, 3.05) is 13.6 Å². The van der Waals surface area contributed by atoms with E-state index in [1.54, 1.807) is 18.1 Å². The Hall–Kier alpha value is -1.92. The largest absolute Gasteiger partial charge is 0.355 e. The van der Waals surface area contributed by atoms with Crippen LogP contribution in [0.1, 0.15) is 26.0 Å². The third kappa shape index (κ3) is 2.59. The van der Waals surface area contributed by atoms with Gasteiger partial charge in [0, 0.05) is 32.0 Å². The number of nitrogens with one attached hydrogen (secondary N) is 2. The molecule has 0 aromatic carbocycles. The van der Waals surface area contributed by atoms with E-state index in [4.69, 9.17) is 0 Å². The zero-order valence-corrected chi connectivity index (χ0v) is 11.4. The van der Waals surface area contributed by atoms with E-state index in [1.165, 1.54) is 0 Å². The van der Waals surface area contributed by atoms with Crippen LogP contribution in [0.2, 0.25) is 0 Å². The summed E-state index contributed by atoms with van der Waals surface area (Å²) in [6.07, 6.45) is 2.53. The van der Waals surface area contributed by atoms with Gasteiger partial charge in [-0.3, -0.25) is 9.59 Å². The molecule has 7 nitrogen and oxygen atoms in total. The number of rotatable bonds is 4. The fourth-order valence-electron chi connectivity index (χ4n) is 2.31. The van der Waals surface area contributed by atoms with Crippen LogP contribution in [-0.4, -0.2) is 51.3 Å². The van der Waals surface area contributed by atoms with E-state index in [0.29, 0.717) is 13.0 Å².